The van der Waals surface area contributed by atoms with E-state index in [2.05, 4.69) is 19.1 Å². The Balaban J connectivity index is 0.000000252. The molecule has 0 aliphatic heterocycles. The molecule has 0 atom stereocenters. The number of aromatic hydroxyl groups is 1. The minimum Gasteiger partial charge on any atom is -0.507 e. The van der Waals surface area contributed by atoms with Crippen LogP contribution in [0.3, 0.4) is 0 Å². The van der Waals surface area contributed by atoms with Gasteiger partial charge in [0.2, 0.25) is 0 Å². The number of phenols is 1. The van der Waals surface area contributed by atoms with E-state index >= 15 is 0 Å². The number of ether oxygens (including phenoxy) is 3. The van der Waals surface area contributed by atoms with E-state index in [0.29, 0.717) is 48.9 Å². The Bertz CT molecular complexity index is 1660. The molecule has 0 saturated carbocycles. The lowest BCUT2D eigenvalue weighted by atomic mass is 10.1. The van der Waals surface area contributed by atoms with Crippen LogP contribution in [-0.2, 0) is 19.8 Å². The van der Waals surface area contributed by atoms with Crippen LogP contribution in [0, 0.1) is 20.8 Å². The van der Waals surface area contributed by atoms with Gasteiger partial charge in [0.15, 0.2) is 12.6 Å². The van der Waals surface area contributed by atoms with Gasteiger partial charge >= 0.3 is 0 Å². The monoisotopic (exact) mass is 618 g/mol. The number of aldehydes is 2. The van der Waals surface area contributed by atoms with E-state index in [1.165, 1.54) is 28.8 Å². The molecule has 0 radical (unpaired) electrons. The summed E-state index contributed by atoms with van der Waals surface area (Å²) in [6.07, 6.45) is 1.40. The molecule has 0 saturated heterocycles. The molecule has 1 N–H and O–H groups in total. The molecule has 0 amide bonds. The number of benzene rings is 5. The number of hydrogen-bond donors (Lipinski definition) is 1. The van der Waals surface area contributed by atoms with Gasteiger partial charge in [-0.1, -0.05) is 103 Å². The molecular formula is C40H42O6. The molecule has 0 aliphatic rings. The van der Waals surface area contributed by atoms with Crippen LogP contribution in [0.5, 0.6) is 23.0 Å². The number of carbonyl (C=O) groups excluding carboxylic acids is 2. The van der Waals surface area contributed by atoms with Crippen LogP contribution in [0.2, 0.25) is 0 Å². The maximum absolute atomic E-state index is 11.4. The average Bonchev–Trinajstić information content (AvgIpc) is 3.09. The molecule has 46 heavy (non-hydrogen) atoms. The first-order valence-corrected chi connectivity index (χ1v) is 15.3. The molecule has 5 aromatic rings. The highest BCUT2D eigenvalue weighted by molar-refractivity contribution is 5.80. The van der Waals surface area contributed by atoms with E-state index in [-0.39, 0.29) is 11.3 Å². The van der Waals surface area contributed by atoms with Gasteiger partial charge in [-0.15, -0.1) is 0 Å². The Hall–Kier alpha value is -5.36. The van der Waals surface area contributed by atoms with Gasteiger partial charge < -0.3 is 19.3 Å². The van der Waals surface area contributed by atoms with Crippen molar-refractivity contribution in [3.05, 3.63) is 154 Å². The lowest BCUT2D eigenvalue weighted by molar-refractivity contribution is 0.111. The number of hydrogen-bond acceptors (Lipinski definition) is 6. The molecule has 0 aliphatic carbocycles. The van der Waals surface area contributed by atoms with Gasteiger partial charge in [-0.3, -0.25) is 9.59 Å². The molecule has 0 unspecified atom stereocenters. The van der Waals surface area contributed by atoms with E-state index in [0.717, 1.165) is 23.0 Å². The molecule has 0 aromatic heterocycles. The van der Waals surface area contributed by atoms with Gasteiger partial charge in [0.05, 0.1) is 11.1 Å². The zero-order valence-electron chi connectivity index (χ0n) is 27.2. The van der Waals surface area contributed by atoms with Gasteiger partial charge in [-0.2, -0.15) is 0 Å². The first-order chi connectivity index (χ1) is 22.3. The largest absolute Gasteiger partial charge is 0.507 e. The van der Waals surface area contributed by atoms with Crippen molar-refractivity contribution in [2.24, 2.45) is 0 Å². The molecule has 0 fully saturated rings. The predicted molar refractivity (Wildman–Crippen MR) is 183 cm³/mol. The standard InChI is InChI=1S/C23H22O3.C15H14O3.C2H6/c1-17-3-7-19(8-4-17)15-25-22-11-12-23(21(13-22)14-24)26-16-20-9-5-18(2)6-10-20;1-11-2-4-12(5-3-11)10-18-14-6-7-15(17)13(8-14)9-16;1-2/h3-14H,15-16H2,1-2H3;2-9,17H,10H2,1H3;1-2H3. The smallest absolute Gasteiger partial charge is 0.153 e. The minimum atomic E-state index is -0.0346. The molecule has 6 heteroatoms. The third-order valence-corrected chi connectivity index (χ3v) is 6.80. The summed E-state index contributed by atoms with van der Waals surface area (Å²) in [4.78, 5) is 22.1. The van der Waals surface area contributed by atoms with Crippen LogP contribution in [0.25, 0.3) is 0 Å². The van der Waals surface area contributed by atoms with Crippen molar-refractivity contribution in [1.82, 2.24) is 0 Å². The maximum atomic E-state index is 11.4. The van der Waals surface area contributed by atoms with Gasteiger partial charge in [0, 0.05) is 0 Å². The fourth-order valence-electron chi connectivity index (χ4n) is 4.10. The number of rotatable bonds is 11. The molecular weight excluding hydrogens is 576 g/mol. The van der Waals surface area contributed by atoms with E-state index in [1.807, 2.05) is 94.4 Å². The molecule has 0 heterocycles. The number of phenolic OH excluding ortho intramolecular Hbond substituents is 1. The van der Waals surface area contributed by atoms with Crippen LogP contribution < -0.4 is 14.2 Å². The Morgan fingerprint density at radius 2 is 0.870 bits per heavy atom. The lowest BCUT2D eigenvalue weighted by Crippen LogP contribution is -2.00. The van der Waals surface area contributed by atoms with E-state index < -0.39 is 0 Å². The first-order valence-electron chi connectivity index (χ1n) is 15.3. The topological polar surface area (TPSA) is 82.1 Å². The first kappa shape index (κ1) is 35.1. The Morgan fingerprint density at radius 1 is 0.500 bits per heavy atom. The fraction of sp³-hybridized carbons (Fsp3) is 0.200. The van der Waals surface area contributed by atoms with Crippen molar-refractivity contribution in [1.29, 1.82) is 0 Å². The third-order valence-electron chi connectivity index (χ3n) is 6.80. The third kappa shape index (κ3) is 11.3. The van der Waals surface area contributed by atoms with Crippen LogP contribution in [-0.4, -0.2) is 17.7 Å². The van der Waals surface area contributed by atoms with Crippen molar-refractivity contribution in [2.45, 2.75) is 54.4 Å². The van der Waals surface area contributed by atoms with Gasteiger partial charge in [0.1, 0.15) is 42.8 Å². The molecule has 238 valence electrons. The van der Waals surface area contributed by atoms with Crippen LogP contribution in [0.1, 0.15) is 67.9 Å². The average molecular weight is 619 g/mol. The summed E-state index contributed by atoms with van der Waals surface area (Å²) in [6, 6.07) is 34.3. The van der Waals surface area contributed by atoms with Crippen LogP contribution in [0.4, 0.5) is 0 Å². The zero-order valence-corrected chi connectivity index (χ0v) is 27.2. The van der Waals surface area contributed by atoms with E-state index in [4.69, 9.17) is 14.2 Å². The van der Waals surface area contributed by atoms with Crippen molar-refractivity contribution < 1.29 is 28.9 Å². The second-order valence-electron chi connectivity index (χ2n) is 10.5. The van der Waals surface area contributed by atoms with Crippen molar-refractivity contribution in [2.75, 3.05) is 0 Å². The van der Waals surface area contributed by atoms with Gasteiger partial charge in [0.25, 0.3) is 0 Å². The maximum Gasteiger partial charge on any atom is 0.153 e. The van der Waals surface area contributed by atoms with Gasteiger partial charge in [-0.05, 0) is 73.9 Å². The second kappa shape index (κ2) is 18.4. The normalized spacial score (nSPS) is 9.93. The molecule has 0 spiro atoms. The van der Waals surface area contributed by atoms with Crippen molar-refractivity contribution in [3.63, 3.8) is 0 Å². The summed E-state index contributed by atoms with van der Waals surface area (Å²) in [6.45, 7) is 11.4. The van der Waals surface area contributed by atoms with Crippen LogP contribution in [0.15, 0.2) is 109 Å². The Morgan fingerprint density at radius 3 is 1.28 bits per heavy atom. The Kier molecular flexibility index (Phi) is 14.1. The summed E-state index contributed by atoms with van der Waals surface area (Å²) in [7, 11) is 0. The van der Waals surface area contributed by atoms with Gasteiger partial charge in [-0.25, -0.2) is 0 Å². The number of aryl methyl sites for hydroxylation is 3. The fourth-order valence-corrected chi connectivity index (χ4v) is 4.10. The predicted octanol–water partition coefficient (Wildman–Crippen LogP) is 9.39. The highest BCUT2D eigenvalue weighted by Crippen LogP contribution is 2.25. The van der Waals surface area contributed by atoms with Crippen molar-refractivity contribution >= 4 is 12.6 Å². The quantitative estimate of drug-likeness (QED) is 0.149. The van der Waals surface area contributed by atoms with E-state index in [9.17, 15) is 14.7 Å². The Labute approximate surface area is 272 Å². The highest BCUT2D eigenvalue weighted by Gasteiger charge is 2.07. The zero-order chi connectivity index (χ0) is 33.3. The van der Waals surface area contributed by atoms with Crippen LogP contribution >= 0.6 is 0 Å². The molecule has 5 aromatic carbocycles. The second-order valence-corrected chi connectivity index (χ2v) is 10.5. The number of carbonyl (C=O) groups is 2. The summed E-state index contributed by atoms with van der Waals surface area (Å²) >= 11 is 0. The van der Waals surface area contributed by atoms with E-state index in [1.54, 1.807) is 18.2 Å². The highest BCUT2D eigenvalue weighted by atomic mass is 16.5. The summed E-state index contributed by atoms with van der Waals surface area (Å²) in [5.41, 5.74) is 7.54. The minimum absolute atomic E-state index is 0.0346. The summed E-state index contributed by atoms with van der Waals surface area (Å²) in [5, 5.41) is 9.36. The molecule has 0 bridgehead atoms. The lowest BCUT2D eigenvalue weighted by Gasteiger charge is -2.11. The summed E-state index contributed by atoms with van der Waals surface area (Å²) in [5.74, 6) is 1.74. The van der Waals surface area contributed by atoms with Crippen molar-refractivity contribution in [3.8, 4) is 23.0 Å². The SMILES string of the molecule is CC.Cc1ccc(COc2ccc(O)c(C=O)c2)cc1.Cc1ccc(COc2ccc(OCc3ccc(C)cc3)c(C=O)c2)cc1. The summed E-state index contributed by atoms with van der Waals surface area (Å²) < 4.78 is 17.1. The molecule has 6 nitrogen and oxygen atoms in total. The molecule has 5 rings (SSSR count).